The van der Waals surface area contributed by atoms with E-state index in [9.17, 15) is 14.9 Å². The zero-order chi connectivity index (χ0) is 19.1. The van der Waals surface area contributed by atoms with E-state index < -0.39 is 11.1 Å². The number of nitro groups is 1. The fourth-order valence-corrected chi connectivity index (χ4v) is 2.86. The molecular weight excluding hydrogens is 352 g/mol. The lowest BCUT2D eigenvalue weighted by molar-refractivity contribution is -0.384. The van der Waals surface area contributed by atoms with Crippen molar-refractivity contribution >= 4 is 11.8 Å². The highest BCUT2D eigenvalue weighted by Crippen LogP contribution is 2.24. The molecule has 1 aliphatic carbocycles. The van der Waals surface area contributed by atoms with Gasteiger partial charge in [-0.3, -0.25) is 15.0 Å². The van der Waals surface area contributed by atoms with Crippen molar-refractivity contribution in [1.29, 1.82) is 0 Å². The van der Waals surface area contributed by atoms with Gasteiger partial charge in [-0.15, -0.1) is 0 Å². The number of nitrogens with zero attached hydrogens (tertiary/aromatic N) is 1. The Hall–Kier alpha value is -2.97. The minimum Gasteiger partial charge on any atom is -0.431 e. The number of nitro benzene ring substituents is 1. The van der Waals surface area contributed by atoms with Gasteiger partial charge >= 0.3 is 6.16 Å². The molecule has 27 heavy (non-hydrogen) atoms. The number of hydroxylamine groups is 1. The molecule has 0 bridgehead atoms. The van der Waals surface area contributed by atoms with Crippen LogP contribution in [0.15, 0.2) is 54.6 Å². The number of hydrogen-bond donors (Lipinski definition) is 1. The van der Waals surface area contributed by atoms with Crippen LogP contribution < -0.4 is 10.2 Å². The second kappa shape index (κ2) is 9.11. The first-order chi connectivity index (χ1) is 13.1. The Balaban J connectivity index is 1.37. The molecule has 2 aromatic carbocycles. The molecule has 0 saturated heterocycles. The van der Waals surface area contributed by atoms with E-state index in [4.69, 9.17) is 14.3 Å². The summed E-state index contributed by atoms with van der Waals surface area (Å²) in [4.78, 5) is 27.5. The van der Waals surface area contributed by atoms with Crippen LogP contribution >= 0.6 is 0 Å². The Morgan fingerprint density at radius 3 is 2.56 bits per heavy atom. The van der Waals surface area contributed by atoms with Gasteiger partial charge in [-0.1, -0.05) is 30.3 Å². The van der Waals surface area contributed by atoms with Gasteiger partial charge in [0.1, 0.15) is 11.9 Å². The maximum atomic E-state index is 11.9. The van der Waals surface area contributed by atoms with Crippen molar-refractivity contribution in [3.63, 3.8) is 0 Å². The smallest absolute Gasteiger partial charge is 0.431 e. The molecule has 0 amide bonds. The molecule has 1 saturated carbocycles. The van der Waals surface area contributed by atoms with Gasteiger partial charge in [0.15, 0.2) is 0 Å². The summed E-state index contributed by atoms with van der Waals surface area (Å²) in [5, 5.41) is 10.6. The summed E-state index contributed by atoms with van der Waals surface area (Å²) >= 11 is 0. The van der Waals surface area contributed by atoms with Gasteiger partial charge in [-0.25, -0.2) is 4.79 Å². The largest absolute Gasteiger partial charge is 0.514 e. The minimum atomic E-state index is -0.820. The number of rotatable bonds is 7. The zero-order valence-electron chi connectivity index (χ0n) is 14.6. The molecule has 0 radical (unpaired) electrons. The number of carbonyl (C=O) groups is 1. The summed E-state index contributed by atoms with van der Waals surface area (Å²) in [6.07, 6.45) is 1.09. The number of hydrogen-bond acceptors (Lipinski definition) is 7. The Morgan fingerprint density at radius 2 is 1.85 bits per heavy atom. The van der Waals surface area contributed by atoms with Crippen molar-refractivity contribution < 1.29 is 24.0 Å². The monoisotopic (exact) mass is 372 g/mol. The molecule has 0 heterocycles. The van der Waals surface area contributed by atoms with Gasteiger partial charge in [0.2, 0.25) is 0 Å². The third-order valence-electron chi connectivity index (χ3n) is 4.23. The van der Waals surface area contributed by atoms with E-state index in [1.807, 2.05) is 30.3 Å². The van der Waals surface area contributed by atoms with Crippen molar-refractivity contribution in [3.8, 4) is 5.75 Å². The van der Waals surface area contributed by atoms with Crippen LogP contribution in [-0.2, 0) is 16.2 Å². The lowest BCUT2D eigenvalue weighted by Gasteiger charge is -2.14. The summed E-state index contributed by atoms with van der Waals surface area (Å²) in [6.45, 7) is 0.463. The first kappa shape index (κ1) is 18.8. The molecule has 0 aliphatic heterocycles. The minimum absolute atomic E-state index is 0.0732. The molecule has 8 nitrogen and oxygen atoms in total. The topological polar surface area (TPSA) is 99.9 Å². The second-order valence-corrected chi connectivity index (χ2v) is 6.25. The molecule has 1 N–H and O–H groups in total. The highest BCUT2D eigenvalue weighted by Gasteiger charge is 2.28. The highest BCUT2D eigenvalue weighted by molar-refractivity contribution is 5.64. The van der Waals surface area contributed by atoms with Gasteiger partial charge in [0.25, 0.3) is 5.69 Å². The fraction of sp³-hybridized carbons (Fsp3) is 0.316. The molecule has 2 unspecified atom stereocenters. The van der Waals surface area contributed by atoms with Crippen LogP contribution in [0.1, 0.15) is 24.8 Å². The van der Waals surface area contributed by atoms with Gasteiger partial charge in [0.05, 0.1) is 11.5 Å². The summed E-state index contributed by atoms with van der Waals surface area (Å²) in [5.41, 5.74) is 4.00. The van der Waals surface area contributed by atoms with Crippen molar-refractivity contribution in [2.45, 2.75) is 38.0 Å². The highest BCUT2D eigenvalue weighted by atomic mass is 16.7. The quantitative estimate of drug-likeness (QED) is 0.342. The Bertz CT molecular complexity index is 766. The van der Waals surface area contributed by atoms with Crippen LogP contribution in [0.25, 0.3) is 0 Å². The van der Waals surface area contributed by atoms with Crippen molar-refractivity contribution in [2.24, 2.45) is 0 Å². The van der Waals surface area contributed by atoms with Crippen molar-refractivity contribution in [1.82, 2.24) is 5.48 Å². The van der Waals surface area contributed by atoms with Gasteiger partial charge in [-0.05, 0) is 30.5 Å². The van der Waals surface area contributed by atoms with E-state index in [1.165, 1.54) is 24.3 Å². The number of ether oxygens (including phenoxy) is 2. The van der Waals surface area contributed by atoms with Crippen LogP contribution in [0.4, 0.5) is 10.5 Å². The van der Waals surface area contributed by atoms with Gasteiger partial charge in [0, 0.05) is 24.6 Å². The molecule has 2 aromatic rings. The third kappa shape index (κ3) is 5.77. The molecule has 0 spiro atoms. The summed E-state index contributed by atoms with van der Waals surface area (Å²) in [6, 6.07) is 15.2. The van der Waals surface area contributed by atoms with Crippen LogP contribution in [0.5, 0.6) is 5.75 Å². The number of non-ortho nitro benzene ring substituents is 1. The van der Waals surface area contributed by atoms with Crippen molar-refractivity contribution in [3.05, 3.63) is 70.3 Å². The van der Waals surface area contributed by atoms with E-state index >= 15 is 0 Å². The standard InChI is InChI=1S/C19H20N2O6/c22-19(26-17-10-7-16(8-11-17)21(23)24)27-18-9-6-15(12-18)20-25-13-14-4-2-1-3-5-14/h1-5,7-8,10-11,15,18,20H,6,9,12-13H2. The Morgan fingerprint density at radius 1 is 1.11 bits per heavy atom. The molecule has 8 heteroatoms. The summed E-state index contributed by atoms with van der Waals surface area (Å²) in [7, 11) is 0. The van der Waals surface area contributed by atoms with E-state index in [1.54, 1.807) is 0 Å². The molecule has 1 fully saturated rings. The lowest BCUT2D eigenvalue weighted by atomic mass is 10.2. The maximum Gasteiger partial charge on any atom is 0.514 e. The summed E-state index contributed by atoms with van der Waals surface area (Å²) in [5.74, 6) is 0.199. The van der Waals surface area contributed by atoms with Crippen molar-refractivity contribution in [2.75, 3.05) is 0 Å². The van der Waals surface area contributed by atoms with Crippen LogP contribution in [-0.4, -0.2) is 23.2 Å². The van der Waals surface area contributed by atoms with E-state index in [0.717, 1.165) is 12.0 Å². The number of nitrogens with one attached hydrogen (secondary N) is 1. The average molecular weight is 372 g/mol. The van der Waals surface area contributed by atoms with E-state index in [-0.39, 0.29) is 23.6 Å². The average Bonchev–Trinajstić information content (AvgIpc) is 3.10. The second-order valence-electron chi connectivity index (χ2n) is 6.25. The first-order valence-electron chi connectivity index (χ1n) is 8.64. The van der Waals surface area contributed by atoms with Crippen LogP contribution in [0.2, 0.25) is 0 Å². The number of benzene rings is 2. The molecule has 0 aromatic heterocycles. The third-order valence-corrected chi connectivity index (χ3v) is 4.23. The van der Waals surface area contributed by atoms with Gasteiger partial charge < -0.3 is 9.47 Å². The first-order valence-corrected chi connectivity index (χ1v) is 8.64. The Kier molecular flexibility index (Phi) is 6.35. The predicted octanol–water partition coefficient (Wildman–Crippen LogP) is 3.75. The van der Waals surface area contributed by atoms with Crippen LogP contribution in [0.3, 0.4) is 0 Å². The summed E-state index contributed by atoms with van der Waals surface area (Å²) < 4.78 is 10.3. The normalized spacial score (nSPS) is 18.8. The maximum absolute atomic E-state index is 11.9. The molecule has 142 valence electrons. The predicted molar refractivity (Wildman–Crippen MR) is 96.0 cm³/mol. The lowest BCUT2D eigenvalue weighted by Crippen LogP contribution is -2.28. The van der Waals surface area contributed by atoms with Crippen LogP contribution in [0, 0.1) is 10.1 Å². The van der Waals surface area contributed by atoms with E-state index in [0.29, 0.717) is 19.4 Å². The SMILES string of the molecule is O=C(Oc1ccc([N+](=O)[O-])cc1)OC1CCC(NOCc2ccccc2)C1. The molecule has 2 atom stereocenters. The van der Waals surface area contributed by atoms with Gasteiger partial charge in [-0.2, -0.15) is 5.48 Å². The molecule has 1 aliphatic rings. The number of carbonyl (C=O) groups excluding carboxylic acids is 1. The zero-order valence-corrected chi connectivity index (χ0v) is 14.6. The molecular formula is C19H20N2O6. The van der Waals surface area contributed by atoms with E-state index in [2.05, 4.69) is 5.48 Å². The Labute approximate surface area is 156 Å². The molecule has 3 rings (SSSR count). The fourth-order valence-electron chi connectivity index (χ4n) is 2.86.